The zero-order valence-electron chi connectivity index (χ0n) is 17.9. The molecule has 3 unspecified atom stereocenters. The maximum absolute atomic E-state index is 12.5. The number of nitrogens with one attached hydrogen (secondary N) is 1. The van der Waals surface area contributed by atoms with Crippen molar-refractivity contribution in [1.82, 2.24) is 5.32 Å². The minimum Gasteiger partial charge on any atom is -0.377 e. The Morgan fingerprint density at radius 3 is 1.94 bits per heavy atom. The zero-order chi connectivity index (χ0) is 24.8. The molecule has 3 atom stereocenters. The highest BCUT2D eigenvalue weighted by atomic mass is 19.4. The van der Waals surface area contributed by atoms with Crippen LogP contribution in [-0.4, -0.2) is 24.6 Å². The molecule has 0 radical (unpaired) electrons. The molecule has 1 N–H and O–H groups in total. The van der Waals surface area contributed by atoms with E-state index < -0.39 is 35.6 Å². The lowest BCUT2D eigenvalue weighted by Crippen LogP contribution is -2.40. The Labute approximate surface area is 186 Å². The molecule has 1 heterocycles. The summed E-state index contributed by atoms with van der Waals surface area (Å²) in [5, 5.41) is 13.8. The van der Waals surface area contributed by atoms with Gasteiger partial charge >= 0.3 is 12.4 Å². The van der Waals surface area contributed by atoms with E-state index in [1.165, 1.54) is 19.6 Å². The lowest BCUT2D eigenvalue weighted by Gasteiger charge is -2.25. The third-order valence-corrected chi connectivity index (χ3v) is 5.32. The van der Waals surface area contributed by atoms with Crippen molar-refractivity contribution in [1.29, 1.82) is 0 Å². The van der Waals surface area contributed by atoms with E-state index in [9.17, 15) is 36.5 Å². The minimum atomic E-state index is -4.83. The van der Waals surface area contributed by atoms with Crippen LogP contribution in [0.25, 0.3) is 0 Å². The van der Waals surface area contributed by atoms with Crippen molar-refractivity contribution < 1.29 is 36.0 Å². The van der Waals surface area contributed by atoms with E-state index in [0.717, 1.165) is 6.42 Å². The number of alkyl halides is 6. The molecule has 3 rings (SSSR count). The summed E-state index contributed by atoms with van der Waals surface area (Å²) in [6.07, 6.45) is -9.00. The van der Waals surface area contributed by atoms with Crippen LogP contribution in [0.1, 0.15) is 54.2 Å². The first kappa shape index (κ1) is 26.6. The molecule has 5 nitrogen and oxygen atoms in total. The Bertz CT molecular complexity index is 878. The van der Waals surface area contributed by atoms with Gasteiger partial charge in [0.2, 0.25) is 6.04 Å². The highest BCUT2D eigenvalue weighted by molar-refractivity contribution is 5.34. The molecule has 0 saturated carbocycles. The first-order valence-electron chi connectivity index (χ1n) is 10.1. The second-order valence-corrected chi connectivity index (χ2v) is 7.61. The van der Waals surface area contributed by atoms with Crippen molar-refractivity contribution in [2.24, 2.45) is 0 Å². The van der Waals surface area contributed by atoms with Gasteiger partial charge in [0.25, 0.3) is 0 Å². The van der Waals surface area contributed by atoms with Crippen molar-refractivity contribution in [3.05, 3.63) is 80.9 Å². The van der Waals surface area contributed by atoms with Crippen LogP contribution in [0.5, 0.6) is 0 Å². The number of methoxy groups -OCH3 is 1. The van der Waals surface area contributed by atoms with Crippen molar-refractivity contribution in [2.75, 3.05) is 13.7 Å². The molecule has 2 aromatic carbocycles. The summed E-state index contributed by atoms with van der Waals surface area (Å²) >= 11 is 0. The number of hydrogen-bond acceptors (Lipinski definition) is 4. The second kappa shape index (κ2) is 11.0. The van der Waals surface area contributed by atoms with E-state index >= 15 is 0 Å². The topological polar surface area (TPSA) is 64.4 Å². The number of rotatable bonds is 4. The van der Waals surface area contributed by atoms with Gasteiger partial charge in [-0.05, 0) is 42.7 Å². The molecule has 0 bridgehead atoms. The molecule has 1 aliphatic heterocycles. The maximum Gasteiger partial charge on any atom is 0.416 e. The third kappa shape index (κ3) is 7.71. The quantitative estimate of drug-likeness (QED) is 0.324. The number of piperidine rings is 1. The Hall–Kier alpha value is -2.66. The van der Waals surface area contributed by atoms with Gasteiger partial charge in [-0.1, -0.05) is 30.3 Å². The van der Waals surface area contributed by atoms with E-state index in [0.29, 0.717) is 25.1 Å². The zero-order valence-corrected chi connectivity index (χ0v) is 17.9. The monoisotopic (exact) mass is 478 g/mol. The Balaban J connectivity index is 0.000000237. The second-order valence-electron chi connectivity index (χ2n) is 7.61. The fraction of sp³-hybridized carbons (Fsp3) is 0.455. The summed E-state index contributed by atoms with van der Waals surface area (Å²) in [4.78, 5) is 10.4. The molecule has 11 heteroatoms. The highest BCUT2D eigenvalue weighted by Gasteiger charge is 2.37. The van der Waals surface area contributed by atoms with E-state index in [2.05, 4.69) is 17.4 Å². The SMILES string of the molecule is COC(C)c1cc(C(F)(F)F)cc(C(F)(F)F)c1.O=[N+]([O-])C1CCC(c2ccccc2)NC1. The van der Waals surface area contributed by atoms with Crippen molar-refractivity contribution >= 4 is 0 Å². The van der Waals surface area contributed by atoms with E-state index in [-0.39, 0.29) is 22.6 Å². The van der Waals surface area contributed by atoms with Crippen molar-refractivity contribution in [3.8, 4) is 0 Å². The highest BCUT2D eigenvalue weighted by Crippen LogP contribution is 2.37. The summed E-state index contributed by atoms with van der Waals surface area (Å²) in [7, 11) is 1.21. The van der Waals surface area contributed by atoms with Crippen LogP contribution in [0.4, 0.5) is 26.3 Å². The van der Waals surface area contributed by atoms with E-state index in [4.69, 9.17) is 4.74 Å². The van der Waals surface area contributed by atoms with Crippen LogP contribution in [-0.2, 0) is 17.1 Å². The van der Waals surface area contributed by atoms with Gasteiger partial charge < -0.3 is 10.1 Å². The molecular weight excluding hydrogens is 454 g/mol. The molecule has 1 aliphatic rings. The normalized spacial score (nSPS) is 19.9. The van der Waals surface area contributed by atoms with Gasteiger partial charge in [-0.25, -0.2) is 0 Å². The first-order chi connectivity index (χ1) is 15.3. The summed E-state index contributed by atoms with van der Waals surface area (Å²) in [5.41, 5.74) is -1.62. The summed E-state index contributed by atoms with van der Waals surface area (Å²) in [5.74, 6) is 0. The van der Waals surface area contributed by atoms with Crippen molar-refractivity contribution in [3.63, 3.8) is 0 Å². The third-order valence-electron chi connectivity index (χ3n) is 5.32. The molecule has 0 spiro atoms. The first-order valence-corrected chi connectivity index (χ1v) is 10.1. The lowest BCUT2D eigenvalue weighted by atomic mass is 9.95. The molecule has 2 aromatic rings. The smallest absolute Gasteiger partial charge is 0.377 e. The number of halogens is 6. The summed E-state index contributed by atoms with van der Waals surface area (Å²) < 4.78 is 79.7. The molecule has 33 heavy (non-hydrogen) atoms. The van der Waals surface area contributed by atoms with E-state index in [1.54, 1.807) is 0 Å². The Morgan fingerprint density at radius 1 is 1.00 bits per heavy atom. The van der Waals surface area contributed by atoms with Gasteiger partial charge in [0.05, 0.1) is 23.8 Å². The maximum atomic E-state index is 12.5. The van der Waals surface area contributed by atoms with E-state index in [1.807, 2.05) is 18.2 Å². The predicted molar refractivity (Wildman–Crippen MR) is 109 cm³/mol. The van der Waals surface area contributed by atoms with Crippen LogP contribution < -0.4 is 5.32 Å². The predicted octanol–water partition coefficient (Wildman–Crippen LogP) is 6.19. The number of nitrogens with zero attached hydrogens (tertiary/aromatic N) is 1. The molecule has 0 amide bonds. The molecule has 182 valence electrons. The Kier molecular flexibility index (Phi) is 8.84. The average molecular weight is 478 g/mol. The van der Waals surface area contributed by atoms with Crippen LogP contribution in [0.15, 0.2) is 48.5 Å². The van der Waals surface area contributed by atoms with Crippen LogP contribution in [0.3, 0.4) is 0 Å². The molecule has 0 aromatic heterocycles. The van der Waals surface area contributed by atoms with Crippen molar-refractivity contribution in [2.45, 2.75) is 50.3 Å². The fourth-order valence-electron chi connectivity index (χ4n) is 3.34. The fourth-order valence-corrected chi connectivity index (χ4v) is 3.34. The standard InChI is InChI=1S/C11H10F6O.C11H14N2O2/c1-6(18-2)7-3-8(10(12,13)14)5-9(4-7)11(15,16)17;14-13(15)10-6-7-11(12-8-10)9-4-2-1-3-5-9/h3-6H,1-2H3;1-5,10-12H,6-8H2. The van der Waals surface area contributed by atoms with Crippen LogP contribution >= 0.6 is 0 Å². The molecule has 1 fully saturated rings. The average Bonchev–Trinajstić information content (AvgIpc) is 2.78. The molecule has 0 aliphatic carbocycles. The van der Waals surface area contributed by atoms with Gasteiger partial charge in [-0.2, -0.15) is 26.3 Å². The van der Waals surface area contributed by atoms with Gasteiger partial charge in [0.1, 0.15) is 0 Å². The van der Waals surface area contributed by atoms with Gasteiger partial charge in [0, 0.05) is 24.5 Å². The number of hydrogen-bond donors (Lipinski definition) is 1. The lowest BCUT2D eigenvalue weighted by molar-refractivity contribution is -0.523. The van der Waals surface area contributed by atoms with Gasteiger partial charge in [0.15, 0.2) is 0 Å². The number of nitro groups is 1. The van der Waals surface area contributed by atoms with Crippen LogP contribution in [0.2, 0.25) is 0 Å². The van der Waals surface area contributed by atoms with Crippen LogP contribution in [0, 0.1) is 10.1 Å². The van der Waals surface area contributed by atoms with Gasteiger partial charge in [-0.3, -0.25) is 10.1 Å². The minimum absolute atomic E-state index is 0.0892. The summed E-state index contributed by atoms with van der Waals surface area (Å²) in [6.45, 7) is 1.85. The summed E-state index contributed by atoms with van der Waals surface area (Å²) in [6, 6.07) is 11.4. The Morgan fingerprint density at radius 2 is 1.55 bits per heavy atom. The van der Waals surface area contributed by atoms with Gasteiger partial charge in [-0.15, -0.1) is 0 Å². The number of ether oxygens (including phenoxy) is 1. The number of benzene rings is 2. The largest absolute Gasteiger partial charge is 0.416 e. The molecular formula is C22H24F6N2O3. The molecule has 1 saturated heterocycles.